The van der Waals surface area contributed by atoms with Crippen molar-refractivity contribution in [1.82, 2.24) is 15.1 Å². The number of carbonyl (C=O) groups excluding carboxylic acids is 2. The SMILES string of the molecule is Cc1ccc(C2=NOC(c3cn(C)nc3C(F)(F)F)(C(F)(F)F)C2)cc1N(C=O)CC(=O)NCC(F)(F)F. The Morgan fingerprint density at radius 2 is 1.84 bits per heavy atom. The first-order valence-electron chi connectivity index (χ1n) is 10.5. The van der Waals surface area contributed by atoms with Gasteiger partial charge in [0.05, 0.1) is 17.7 Å². The van der Waals surface area contributed by atoms with Crippen molar-refractivity contribution in [2.45, 2.75) is 37.5 Å². The highest BCUT2D eigenvalue weighted by atomic mass is 19.4. The number of benzene rings is 1. The summed E-state index contributed by atoms with van der Waals surface area (Å²) < 4.78 is 121. The van der Waals surface area contributed by atoms with E-state index in [0.717, 1.165) is 13.1 Å². The van der Waals surface area contributed by atoms with Gasteiger partial charge in [-0.1, -0.05) is 17.3 Å². The van der Waals surface area contributed by atoms with Crippen molar-refractivity contribution in [3.63, 3.8) is 0 Å². The molecule has 0 aliphatic carbocycles. The third kappa shape index (κ3) is 5.85. The molecule has 1 unspecified atom stereocenters. The number of amides is 2. The molecule has 8 nitrogen and oxygen atoms in total. The van der Waals surface area contributed by atoms with Gasteiger partial charge in [-0.15, -0.1) is 0 Å². The second kappa shape index (κ2) is 9.83. The van der Waals surface area contributed by atoms with Gasteiger partial charge < -0.3 is 15.1 Å². The number of hydrogen-bond acceptors (Lipinski definition) is 5. The fourth-order valence-electron chi connectivity index (χ4n) is 3.72. The quantitative estimate of drug-likeness (QED) is 0.411. The summed E-state index contributed by atoms with van der Waals surface area (Å²) in [7, 11) is 1.00. The zero-order chi connectivity index (χ0) is 28.7. The lowest BCUT2D eigenvalue weighted by atomic mass is 9.86. The number of carbonyl (C=O) groups is 2. The molecular weight excluding hydrogens is 541 g/mol. The smallest absolute Gasteiger partial charge is 0.374 e. The van der Waals surface area contributed by atoms with Gasteiger partial charge in [0, 0.05) is 24.5 Å². The average molecular weight is 559 g/mol. The maximum atomic E-state index is 14.2. The minimum absolute atomic E-state index is 0.0655. The standard InChI is InChI=1S/C21H18F9N5O3/c1-11-3-4-12(5-15(11)35(10-36)8-16(37)31-9-19(22,23)24)14-6-18(38-33-14,21(28,29)30)13-7-34(2)32-17(13)20(25,26)27/h3-5,7,10H,6,8-9H2,1-2H3,(H,31,37). The van der Waals surface area contributed by atoms with Crippen molar-refractivity contribution in [2.24, 2.45) is 12.2 Å². The van der Waals surface area contributed by atoms with Crippen molar-refractivity contribution >= 4 is 23.7 Å². The van der Waals surface area contributed by atoms with Crippen LogP contribution in [0, 0.1) is 6.92 Å². The van der Waals surface area contributed by atoms with E-state index in [9.17, 15) is 49.1 Å². The van der Waals surface area contributed by atoms with Crippen LogP contribution in [-0.2, 0) is 33.3 Å². The van der Waals surface area contributed by atoms with E-state index in [0.29, 0.717) is 21.3 Å². The second-order valence-electron chi connectivity index (χ2n) is 8.32. The summed E-state index contributed by atoms with van der Waals surface area (Å²) in [4.78, 5) is 28.8. The van der Waals surface area contributed by atoms with Gasteiger partial charge in [0.25, 0.3) is 5.60 Å². The fourth-order valence-corrected chi connectivity index (χ4v) is 3.72. The molecule has 1 aliphatic rings. The van der Waals surface area contributed by atoms with Crippen LogP contribution in [0.3, 0.4) is 0 Å². The zero-order valence-corrected chi connectivity index (χ0v) is 19.4. The van der Waals surface area contributed by atoms with Crippen molar-refractivity contribution < 1.29 is 53.9 Å². The predicted octanol–water partition coefficient (Wildman–Crippen LogP) is 3.97. The lowest BCUT2D eigenvalue weighted by molar-refractivity contribution is -0.277. The third-order valence-corrected chi connectivity index (χ3v) is 5.50. The highest BCUT2D eigenvalue weighted by molar-refractivity contribution is 6.03. The van der Waals surface area contributed by atoms with Crippen molar-refractivity contribution in [1.29, 1.82) is 0 Å². The van der Waals surface area contributed by atoms with E-state index < -0.39 is 66.5 Å². The van der Waals surface area contributed by atoms with Gasteiger partial charge in [-0.05, 0) is 18.6 Å². The summed E-state index contributed by atoms with van der Waals surface area (Å²) in [6.45, 7) is -1.06. The van der Waals surface area contributed by atoms with Gasteiger partial charge in [-0.25, -0.2) is 0 Å². The Morgan fingerprint density at radius 1 is 1.18 bits per heavy atom. The summed E-state index contributed by atoms with van der Waals surface area (Å²) in [5.41, 5.74) is -6.95. The van der Waals surface area contributed by atoms with E-state index in [4.69, 9.17) is 0 Å². The van der Waals surface area contributed by atoms with E-state index in [1.807, 2.05) is 0 Å². The largest absolute Gasteiger partial charge is 0.435 e. The molecule has 0 radical (unpaired) electrons. The molecule has 38 heavy (non-hydrogen) atoms. The minimum Gasteiger partial charge on any atom is -0.374 e. The summed E-state index contributed by atoms with van der Waals surface area (Å²) >= 11 is 0. The molecule has 1 aromatic carbocycles. The molecule has 1 aromatic heterocycles. The number of anilines is 1. The van der Waals surface area contributed by atoms with Crippen molar-refractivity contribution in [2.75, 3.05) is 18.0 Å². The predicted molar refractivity (Wildman–Crippen MR) is 112 cm³/mol. The number of hydrogen-bond donors (Lipinski definition) is 1. The summed E-state index contributed by atoms with van der Waals surface area (Å²) in [5, 5.41) is 8.08. The van der Waals surface area contributed by atoms with E-state index in [-0.39, 0.29) is 17.7 Å². The lowest BCUT2D eigenvalue weighted by Gasteiger charge is -2.29. The van der Waals surface area contributed by atoms with Crippen LogP contribution in [0.5, 0.6) is 0 Å². The maximum absolute atomic E-state index is 14.2. The molecule has 0 saturated carbocycles. The van der Waals surface area contributed by atoms with Crippen LogP contribution in [0.1, 0.15) is 28.8 Å². The second-order valence-corrected chi connectivity index (χ2v) is 8.32. The maximum Gasteiger partial charge on any atom is 0.435 e. The Kier molecular flexibility index (Phi) is 7.44. The van der Waals surface area contributed by atoms with Crippen LogP contribution in [0.25, 0.3) is 0 Å². The van der Waals surface area contributed by atoms with Gasteiger partial charge in [0.1, 0.15) is 13.1 Å². The average Bonchev–Trinajstić information content (AvgIpc) is 3.41. The molecular formula is C21H18F9N5O3. The van der Waals surface area contributed by atoms with Gasteiger partial charge >= 0.3 is 18.5 Å². The number of rotatable bonds is 7. The van der Waals surface area contributed by atoms with Crippen LogP contribution < -0.4 is 10.2 Å². The number of oxime groups is 1. The number of nitrogens with zero attached hydrogens (tertiary/aromatic N) is 4. The van der Waals surface area contributed by atoms with Gasteiger partial charge in [-0.3, -0.25) is 14.3 Å². The summed E-state index contributed by atoms with van der Waals surface area (Å²) in [6.07, 6.45) is -15.9. The molecule has 3 rings (SSSR count). The van der Waals surface area contributed by atoms with Gasteiger partial charge in [-0.2, -0.15) is 44.6 Å². The molecule has 17 heteroatoms. The summed E-state index contributed by atoms with van der Waals surface area (Å²) in [5.74, 6) is -1.17. The van der Waals surface area contributed by atoms with E-state index in [1.54, 1.807) is 5.32 Å². The minimum atomic E-state index is -5.37. The monoisotopic (exact) mass is 559 g/mol. The Labute approximate surface area is 208 Å². The first-order chi connectivity index (χ1) is 17.4. The van der Waals surface area contributed by atoms with Crippen LogP contribution in [0.4, 0.5) is 45.2 Å². The third-order valence-electron chi connectivity index (χ3n) is 5.50. The molecule has 0 bridgehead atoms. The molecule has 0 saturated heterocycles. The first kappa shape index (κ1) is 28.8. The summed E-state index contributed by atoms with van der Waals surface area (Å²) in [6, 6.07) is 3.69. The highest BCUT2D eigenvalue weighted by Crippen LogP contribution is 2.51. The van der Waals surface area contributed by atoms with Crippen LogP contribution in [-0.4, -0.2) is 53.3 Å². The highest BCUT2D eigenvalue weighted by Gasteiger charge is 2.65. The number of nitrogens with one attached hydrogen (secondary N) is 1. The number of aryl methyl sites for hydroxylation is 2. The zero-order valence-electron chi connectivity index (χ0n) is 19.4. The van der Waals surface area contributed by atoms with E-state index >= 15 is 0 Å². The Morgan fingerprint density at radius 3 is 2.39 bits per heavy atom. The fraction of sp³-hybridized carbons (Fsp3) is 0.429. The van der Waals surface area contributed by atoms with Crippen LogP contribution in [0.15, 0.2) is 29.6 Å². The molecule has 2 heterocycles. The van der Waals surface area contributed by atoms with Crippen molar-refractivity contribution in [3.8, 4) is 0 Å². The van der Waals surface area contributed by atoms with Crippen molar-refractivity contribution in [3.05, 3.63) is 46.8 Å². The molecule has 0 fully saturated rings. The normalized spacial score (nSPS) is 18.1. The Hall–Kier alpha value is -3.79. The molecule has 1 aliphatic heterocycles. The molecule has 0 spiro atoms. The van der Waals surface area contributed by atoms with E-state index in [2.05, 4.69) is 15.1 Å². The molecule has 2 amide bonds. The number of halogens is 9. The molecule has 2 aromatic rings. The lowest BCUT2D eigenvalue weighted by Crippen LogP contribution is -2.43. The van der Waals surface area contributed by atoms with Gasteiger partial charge in [0.2, 0.25) is 12.3 Å². The van der Waals surface area contributed by atoms with Gasteiger partial charge in [0.15, 0.2) is 5.69 Å². The van der Waals surface area contributed by atoms with Crippen LogP contribution in [0.2, 0.25) is 0 Å². The topological polar surface area (TPSA) is 88.8 Å². The van der Waals surface area contributed by atoms with E-state index in [1.165, 1.54) is 19.1 Å². The number of aromatic nitrogens is 2. The molecule has 208 valence electrons. The number of alkyl halides is 9. The first-order valence-corrected chi connectivity index (χ1v) is 10.5. The van der Waals surface area contributed by atoms with Crippen LogP contribution >= 0.6 is 0 Å². The molecule has 1 N–H and O–H groups in total. The molecule has 1 atom stereocenters. The Balaban J connectivity index is 1.95. The Bertz CT molecular complexity index is 1250.